The number of carbonyl (C=O) groups is 1. The number of halogens is 1. The lowest BCUT2D eigenvalue weighted by atomic mass is 9.59. The van der Waals surface area contributed by atoms with Crippen LogP contribution in [0.25, 0.3) is 0 Å². The number of rotatable bonds is 3. The van der Waals surface area contributed by atoms with Crippen molar-refractivity contribution in [1.29, 1.82) is 0 Å². The summed E-state index contributed by atoms with van der Waals surface area (Å²) in [5.41, 5.74) is 5.52. The second kappa shape index (κ2) is 5.79. The van der Waals surface area contributed by atoms with E-state index in [9.17, 15) is 4.79 Å². The van der Waals surface area contributed by atoms with Gasteiger partial charge >= 0.3 is 5.97 Å². The maximum atomic E-state index is 11.6. The predicted octanol–water partition coefficient (Wildman–Crippen LogP) is 3.05. The predicted molar refractivity (Wildman–Crippen MR) is 74.7 cm³/mol. The minimum Gasteiger partial charge on any atom is -0.464 e. The highest BCUT2D eigenvalue weighted by atomic mass is 35.5. The zero-order valence-electron chi connectivity index (χ0n) is 11.5. The highest BCUT2D eigenvalue weighted by Gasteiger charge is 2.40. The van der Waals surface area contributed by atoms with Gasteiger partial charge in [-0.3, -0.25) is 4.79 Å². The Morgan fingerprint density at radius 1 is 1.28 bits per heavy atom. The Bertz CT molecular complexity index is 285. The van der Waals surface area contributed by atoms with E-state index in [1.54, 1.807) is 13.8 Å². The topological polar surface area (TPSA) is 52.3 Å². The molecule has 18 heavy (non-hydrogen) atoms. The SMILES string of the molecule is CC(C)(N)C(=O)OCC1CCC2(CCC2)CC1.Cl. The van der Waals surface area contributed by atoms with Crippen molar-refractivity contribution in [2.24, 2.45) is 17.1 Å². The van der Waals surface area contributed by atoms with Crippen LogP contribution in [0.1, 0.15) is 58.8 Å². The number of esters is 1. The molecule has 0 heterocycles. The molecule has 0 atom stereocenters. The lowest BCUT2D eigenvalue weighted by Gasteiger charge is -2.47. The van der Waals surface area contributed by atoms with E-state index in [0.29, 0.717) is 17.9 Å². The normalized spacial score (nSPS) is 23.1. The van der Waals surface area contributed by atoms with Crippen LogP contribution < -0.4 is 5.73 Å². The summed E-state index contributed by atoms with van der Waals surface area (Å²) in [7, 11) is 0. The van der Waals surface area contributed by atoms with Crippen LogP contribution in [-0.2, 0) is 9.53 Å². The fourth-order valence-electron chi connectivity index (χ4n) is 3.01. The summed E-state index contributed by atoms with van der Waals surface area (Å²) >= 11 is 0. The van der Waals surface area contributed by atoms with E-state index in [-0.39, 0.29) is 18.4 Å². The molecule has 4 heteroatoms. The lowest BCUT2D eigenvalue weighted by molar-refractivity contribution is -0.151. The molecule has 0 aromatic carbocycles. The maximum absolute atomic E-state index is 11.6. The fraction of sp³-hybridized carbons (Fsp3) is 0.929. The van der Waals surface area contributed by atoms with Crippen molar-refractivity contribution in [2.45, 2.75) is 64.3 Å². The summed E-state index contributed by atoms with van der Waals surface area (Å²) in [4.78, 5) is 11.6. The Labute approximate surface area is 116 Å². The monoisotopic (exact) mass is 275 g/mol. The molecule has 0 radical (unpaired) electrons. The van der Waals surface area contributed by atoms with E-state index in [0.717, 1.165) is 0 Å². The summed E-state index contributed by atoms with van der Waals surface area (Å²) in [6.45, 7) is 3.95. The number of hydrogen-bond donors (Lipinski definition) is 1. The van der Waals surface area contributed by atoms with Gasteiger partial charge in [0, 0.05) is 0 Å². The number of hydrogen-bond acceptors (Lipinski definition) is 3. The Morgan fingerprint density at radius 3 is 2.22 bits per heavy atom. The molecule has 2 N–H and O–H groups in total. The maximum Gasteiger partial charge on any atom is 0.325 e. The van der Waals surface area contributed by atoms with Crippen LogP contribution in [0.15, 0.2) is 0 Å². The van der Waals surface area contributed by atoms with Gasteiger partial charge in [-0.15, -0.1) is 12.4 Å². The standard InChI is InChI=1S/C14H25NO2.ClH/c1-13(2,15)12(16)17-10-11-4-8-14(9-5-11)6-3-7-14;/h11H,3-10,15H2,1-2H3;1H. The van der Waals surface area contributed by atoms with Crippen molar-refractivity contribution >= 4 is 18.4 Å². The van der Waals surface area contributed by atoms with Crippen molar-refractivity contribution in [3.8, 4) is 0 Å². The van der Waals surface area contributed by atoms with E-state index in [1.165, 1.54) is 44.9 Å². The summed E-state index contributed by atoms with van der Waals surface area (Å²) in [6.07, 6.45) is 9.38. The summed E-state index contributed by atoms with van der Waals surface area (Å²) in [5.74, 6) is 0.286. The minimum atomic E-state index is -0.857. The van der Waals surface area contributed by atoms with Crippen LogP contribution in [-0.4, -0.2) is 18.1 Å². The Morgan fingerprint density at radius 2 is 1.83 bits per heavy atom. The molecule has 106 valence electrons. The Kier molecular flexibility index (Phi) is 5.07. The van der Waals surface area contributed by atoms with Crippen LogP contribution in [0, 0.1) is 11.3 Å². The molecule has 2 fully saturated rings. The van der Waals surface area contributed by atoms with E-state index in [4.69, 9.17) is 10.5 Å². The van der Waals surface area contributed by atoms with Gasteiger partial charge in [0.2, 0.25) is 0 Å². The van der Waals surface area contributed by atoms with Crippen LogP contribution in [0.5, 0.6) is 0 Å². The highest BCUT2D eigenvalue weighted by molar-refractivity contribution is 5.85. The number of carbonyl (C=O) groups excluding carboxylic acids is 1. The van der Waals surface area contributed by atoms with Crippen LogP contribution in [0.2, 0.25) is 0 Å². The number of ether oxygens (including phenoxy) is 1. The zero-order valence-corrected chi connectivity index (χ0v) is 12.4. The first kappa shape index (κ1) is 15.8. The van der Waals surface area contributed by atoms with Crippen LogP contribution >= 0.6 is 12.4 Å². The van der Waals surface area contributed by atoms with Crippen molar-refractivity contribution in [3.05, 3.63) is 0 Å². The third-order valence-corrected chi connectivity index (χ3v) is 4.56. The Balaban J connectivity index is 0.00000162. The summed E-state index contributed by atoms with van der Waals surface area (Å²) in [6, 6.07) is 0. The van der Waals surface area contributed by atoms with Crippen molar-refractivity contribution in [2.75, 3.05) is 6.61 Å². The molecule has 0 amide bonds. The van der Waals surface area contributed by atoms with E-state index in [1.807, 2.05) is 0 Å². The zero-order chi connectivity index (χ0) is 12.5. The van der Waals surface area contributed by atoms with Crippen molar-refractivity contribution in [3.63, 3.8) is 0 Å². The average molecular weight is 276 g/mol. The molecule has 0 unspecified atom stereocenters. The first-order valence-electron chi connectivity index (χ1n) is 6.87. The largest absolute Gasteiger partial charge is 0.464 e. The first-order chi connectivity index (χ1) is 7.91. The summed E-state index contributed by atoms with van der Waals surface area (Å²) < 4.78 is 5.30. The van der Waals surface area contributed by atoms with Gasteiger partial charge in [-0.1, -0.05) is 6.42 Å². The average Bonchev–Trinajstić information content (AvgIpc) is 2.23. The smallest absolute Gasteiger partial charge is 0.325 e. The van der Waals surface area contributed by atoms with E-state index >= 15 is 0 Å². The first-order valence-corrected chi connectivity index (χ1v) is 6.87. The number of nitrogens with two attached hydrogens (primary N) is 1. The third kappa shape index (κ3) is 3.61. The molecular formula is C14H26ClNO2. The van der Waals surface area contributed by atoms with Crippen molar-refractivity contribution < 1.29 is 9.53 Å². The molecular weight excluding hydrogens is 250 g/mol. The van der Waals surface area contributed by atoms with Gasteiger partial charge in [-0.2, -0.15) is 0 Å². The second-order valence-electron chi connectivity index (χ2n) is 6.62. The molecule has 2 aliphatic carbocycles. The van der Waals surface area contributed by atoms with E-state index < -0.39 is 5.54 Å². The van der Waals surface area contributed by atoms with Crippen molar-refractivity contribution in [1.82, 2.24) is 0 Å². The van der Waals surface area contributed by atoms with Gasteiger partial charge < -0.3 is 10.5 Å². The minimum absolute atomic E-state index is 0. The highest BCUT2D eigenvalue weighted by Crippen LogP contribution is 2.52. The molecule has 1 spiro atoms. The quantitative estimate of drug-likeness (QED) is 0.806. The second-order valence-corrected chi connectivity index (χ2v) is 6.62. The molecule has 0 aromatic heterocycles. The molecule has 0 aliphatic heterocycles. The molecule has 2 aliphatic rings. The van der Waals surface area contributed by atoms with Gasteiger partial charge in [0.1, 0.15) is 5.54 Å². The van der Waals surface area contributed by atoms with Gasteiger partial charge in [-0.25, -0.2) is 0 Å². The molecule has 0 aromatic rings. The molecule has 2 saturated carbocycles. The lowest BCUT2D eigenvalue weighted by Crippen LogP contribution is -2.43. The third-order valence-electron chi connectivity index (χ3n) is 4.56. The molecule has 0 bridgehead atoms. The molecule has 0 saturated heterocycles. The summed E-state index contributed by atoms with van der Waals surface area (Å²) in [5, 5.41) is 0. The van der Waals surface area contributed by atoms with Gasteiger partial charge in [0.05, 0.1) is 6.61 Å². The van der Waals surface area contributed by atoms with Gasteiger partial charge in [0.15, 0.2) is 0 Å². The molecule has 2 rings (SSSR count). The Hall–Kier alpha value is -0.280. The molecule has 3 nitrogen and oxygen atoms in total. The van der Waals surface area contributed by atoms with Crippen LogP contribution in [0.3, 0.4) is 0 Å². The fourth-order valence-corrected chi connectivity index (χ4v) is 3.01. The van der Waals surface area contributed by atoms with E-state index in [2.05, 4.69) is 0 Å². The van der Waals surface area contributed by atoms with Gasteiger partial charge in [0.25, 0.3) is 0 Å². The van der Waals surface area contributed by atoms with Crippen LogP contribution in [0.4, 0.5) is 0 Å². The van der Waals surface area contributed by atoms with Gasteiger partial charge in [-0.05, 0) is 63.7 Å².